The third kappa shape index (κ3) is 6.28. The Kier molecular flexibility index (Phi) is 8.78. The molecule has 0 unspecified atom stereocenters. The number of aryl methyl sites for hydroxylation is 5. The van der Waals surface area contributed by atoms with Gasteiger partial charge < -0.3 is 9.13 Å². The Balaban J connectivity index is 1.28. The van der Waals surface area contributed by atoms with Gasteiger partial charge in [0.05, 0.1) is 44.6 Å². The van der Waals surface area contributed by atoms with Gasteiger partial charge >= 0.3 is 6.18 Å². The highest BCUT2D eigenvalue weighted by Crippen LogP contribution is 2.44. The summed E-state index contributed by atoms with van der Waals surface area (Å²) in [6.45, 7) is 10.1. The number of hydrogen-bond acceptors (Lipinski definition) is 1. The van der Waals surface area contributed by atoms with Crippen molar-refractivity contribution < 1.29 is 13.2 Å². The van der Waals surface area contributed by atoms with Gasteiger partial charge in [-0.2, -0.15) is 18.4 Å². The number of nitrogens with zero attached hydrogens (tertiary/aromatic N) is 3. The predicted molar refractivity (Wildman–Crippen MR) is 245 cm³/mol. The number of halogens is 3. The van der Waals surface area contributed by atoms with E-state index in [1.807, 2.05) is 48.5 Å². The van der Waals surface area contributed by atoms with Gasteiger partial charge in [-0.25, -0.2) is 0 Å². The first-order chi connectivity index (χ1) is 29.4. The van der Waals surface area contributed by atoms with Gasteiger partial charge in [-0.15, -0.1) is 0 Å². The van der Waals surface area contributed by atoms with Crippen LogP contribution in [0.2, 0.25) is 0 Å². The molecule has 0 atom stereocenters. The average Bonchev–Trinajstić information content (AvgIpc) is 3.74. The second kappa shape index (κ2) is 14.1. The van der Waals surface area contributed by atoms with Crippen molar-refractivity contribution >= 4 is 43.6 Å². The maximum Gasteiger partial charge on any atom is 0.416 e. The molecule has 0 bridgehead atoms. The molecule has 0 N–H and O–H groups in total. The predicted octanol–water partition coefficient (Wildman–Crippen LogP) is 15.3. The Morgan fingerprint density at radius 1 is 0.426 bits per heavy atom. The lowest BCUT2D eigenvalue weighted by atomic mass is 9.95. The summed E-state index contributed by atoms with van der Waals surface area (Å²) < 4.78 is 48.0. The highest BCUT2D eigenvalue weighted by Gasteiger charge is 2.32. The summed E-state index contributed by atoms with van der Waals surface area (Å²) in [5, 5.41) is 15.1. The maximum atomic E-state index is 14.6. The summed E-state index contributed by atoms with van der Waals surface area (Å²) in [5.41, 5.74) is 15.0. The van der Waals surface area contributed by atoms with Crippen LogP contribution in [0.15, 0.2) is 152 Å². The molecule has 0 aliphatic heterocycles. The van der Waals surface area contributed by atoms with Crippen LogP contribution >= 0.6 is 0 Å². The summed E-state index contributed by atoms with van der Waals surface area (Å²) >= 11 is 0. The summed E-state index contributed by atoms with van der Waals surface area (Å²) in [6, 6.07) is 52.4. The first-order valence-corrected chi connectivity index (χ1v) is 20.4. The van der Waals surface area contributed by atoms with Crippen molar-refractivity contribution in [3.05, 3.63) is 191 Å². The first-order valence-electron chi connectivity index (χ1n) is 20.4. The van der Waals surface area contributed by atoms with Crippen LogP contribution in [0.5, 0.6) is 0 Å². The molecule has 0 aliphatic carbocycles. The van der Waals surface area contributed by atoms with Gasteiger partial charge in [0.15, 0.2) is 0 Å². The molecule has 10 aromatic rings. The van der Waals surface area contributed by atoms with Crippen LogP contribution in [0.1, 0.15) is 38.9 Å². The van der Waals surface area contributed by atoms with Crippen LogP contribution in [0.4, 0.5) is 13.2 Å². The molecule has 2 heterocycles. The Hall–Kier alpha value is -7.36. The molecule has 61 heavy (non-hydrogen) atoms. The van der Waals surface area contributed by atoms with E-state index in [9.17, 15) is 18.4 Å². The van der Waals surface area contributed by atoms with Gasteiger partial charge in [-0.05, 0) is 140 Å². The number of benzene rings is 8. The zero-order valence-electron chi connectivity index (χ0n) is 34.4. The highest BCUT2D eigenvalue weighted by molar-refractivity contribution is 6.12. The van der Waals surface area contributed by atoms with Crippen LogP contribution in [-0.4, -0.2) is 9.13 Å². The second-order valence-electron chi connectivity index (χ2n) is 16.4. The maximum absolute atomic E-state index is 14.6. The van der Waals surface area contributed by atoms with E-state index >= 15 is 0 Å². The summed E-state index contributed by atoms with van der Waals surface area (Å²) in [4.78, 5) is 0. The smallest absolute Gasteiger partial charge is 0.309 e. The van der Waals surface area contributed by atoms with Crippen LogP contribution in [0, 0.1) is 45.9 Å². The van der Waals surface area contributed by atoms with Gasteiger partial charge in [0.1, 0.15) is 6.07 Å². The average molecular weight is 800 g/mol. The molecule has 6 heteroatoms. The van der Waals surface area contributed by atoms with Crippen molar-refractivity contribution in [3.8, 4) is 50.8 Å². The topological polar surface area (TPSA) is 33.6 Å². The summed E-state index contributed by atoms with van der Waals surface area (Å²) in [6.07, 6.45) is -4.56. The molecule has 0 saturated heterocycles. The highest BCUT2D eigenvalue weighted by atomic mass is 19.4. The Labute approximate surface area is 352 Å². The quantitative estimate of drug-likeness (QED) is 0.171. The minimum atomic E-state index is -4.56. The standard InChI is InChI=1S/C55H40F3N3/c1-32-14-18-42(35(4)22-32)37-16-20-51-47(27-37)44-10-6-8-12-49(44)60(51)53-30-46(39-24-34(3)25-41(26-39)55(56,57)58)54(29-40(53)31-59)61-50-13-9-7-11-45(50)48-28-38(17-21-52(48)61)43-19-15-33(2)23-36(43)5/h6-30H,1-5H3. The van der Waals surface area contributed by atoms with Crippen molar-refractivity contribution in [2.75, 3.05) is 0 Å². The molecule has 0 radical (unpaired) electrons. The normalized spacial score (nSPS) is 11.9. The lowest BCUT2D eigenvalue weighted by Gasteiger charge is -2.20. The zero-order valence-corrected chi connectivity index (χ0v) is 34.4. The van der Waals surface area contributed by atoms with Crippen molar-refractivity contribution in [1.29, 1.82) is 5.26 Å². The molecule has 2 aromatic heterocycles. The van der Waals surface area contributed by atoms with E-state index in [0.717, 1.165) is 65.9 Å². The Morgan fingerprint density at radius 3 is 1.44 bits per heavy atom. The fraction of sp³-hybridized carbons (Fsp3) is 0.109. The molecule has 0 saturated carbocycles. The molecular weight excluding hydrogens is 760 g/mol. The van der Waals surface area contributed by atoms with E-state index < -0.39 is 11.7 Å². The molecule has 0 aliphatic rings. The lowest BCUT2D eigenvalue weighted by Crippen LogP contribution is -2.07. The number of aromatic nitrogens is 2. The lowest BCUT2D eigenvalue weighted by molar-refractivity contribution is -0.137. The number of nitriles is 1. The molecule has 8 aromatic carbocycles. The molecule has 10 rings (SSSR count). The van der Waals surface area contributed by atoms with E-state index in [4.69, 9.17) is 0 Å². The Morgan fingerprint density at radius 2 is 0.934 bits per heavy atom. The van der Waals surface area contributed by atoms with E-state index in [1.165, 1.54) is 34.4 Å². The molecule has 0 spiro atoms. The van der Waals surface area contributed by atoms with Crippen molar-refractivity contribution in [3.63, 3.8) is 0 Å². The van der Waals surface area contributed by atoms with Gasteiger partial charge in [0.25, 0.3) is 0 Å². The summed E-state index contributed by atoms with van der Waals surface area (Å²) in [7, 11) is 0. The largest absolute Gasteiger partial charge is 0.416 e. The zero-order chi connectivity index (χ0) is 42.3. The molecular formula is C55H40F3N3. The SMILES string of the molecule is Cc1cc(-c2cc(-n3c4ccccc4c4cc(-c5ccc(C)cc5C)ccc43)c(C#N)cc2-n2c3ccccc3c3cc(-c4ccc(C)cc4C)ccc32)cc(C(F)(F)F)c1. The molecule has 296 valence electrons. The van der Waals surface area contributed by atoms with Gasteiger partial charge in [-0.1, -0.05) is 102 Å². The monoisotopic (exact) mass is 799 g/mol. The molecule has 0 amide bonds. The Bertz CT molecular complexity index is 3480. The minimum absolute atomic E-state index is 0.390. The van der Waals surface area contributed by atoms with Crippen molar-refractivity contribution in [2.45, 2.75) is 40.8 Å². The van der Waals surface area contributed by atoms with Crippen molar-refractivity contribution in [2.24, 2.45) is 0 Å². The number of rotatable bonds is 5. The van der Waals surface area contributed by atoms with Gasteiger partial charge in [-0.3, -0.25) is 0 Å². The van der Waals surface area contributed by atoms with Crippen LogP contribution < -0.4 is 0 Å². The van der Waals surface area contributed by atoms with Gasteiger partial charge in [0, 0.05) is 27.1 Å². The number of para-hydroxylation sites is 2. The van der Waals surface area contributed by atoms with Crippen LogP contribution in [0.25, 0.3) is 88.4 Å². The van der Waals surface area contributed by atoms with E-state index in [2.05, 4.69) is 128 Å². The third-order valence-corrected chi connectivity index (χ3v) is 12.2. The third-order valence-electron chi connectivity index (χ3n) is 12.2. The number of hydrogen-bond donors (Lipinski definition) is 0. The number of fused-ring (bicyclic) bond motifs is 6. The second-order valence-corrected chi connectivity index (χ2v) is 16.4. The number of alkyl halides is 3. The fourth-order valence-electron chi connectivity index (χ4n) is 9.44. The molecule has 0 fully saturated rings. The van der Waals surface area contributed by atoms with E-state index in [0.29, 0.717) is 33.6 Å². The van der Waals surface area contributed by atoms with E-state index in [1.54, 1.807) is 13.0 Å². The molecule has 3 nitrogen and oxygen atoms in total. The fourth-order valence-corrected chi connectivity index (χ4v) is 9.44. The van der Waals surface area contributed by atoms with Gasteiger partial charge in [0.2, 0.25) is 0 Å². The minimum Gasteiger partial charge on any atom is -0.309 e. The van der Waals surface area contributed by atoms with Crippen molar-refractivity contribution in [1.82, 2.24) is 9.13 Å². The van der Waals surface area contributed by atoms with Crippen LogP contribution in [0.3, 0.4) is 0 Å². The summed E-state index contributed by atoms with van der Waals surface area (Å²) in [5.74, 6) is 0. The first kappa shape index (κ1) is 37.9. The van der Waals surface area contributed by atoms with Crippen LogP contribution in [-0.2, 0) is 6.18 Å². The van der Waals surface area contributed by atoms with E-state index in [-0.39, 0.29) is 0 Å².